The zero-order valence-corrected chi connectivity index (χ0v) is 16.6. The molecule has 1 aromatic rings. The van der Waals surface area contributed by atoms with Gasteiger partial charge >= 0.3 is 0 Å². The molecular formula is C16H25IN4O3. The fraction of sp³-hybridized carbons (Fsp3) is 0.562. The second-order valence-electron chi connectivity index (χ2n) is 5.61. The molecule has 24 heavy (non-hydrogen) atoms. The second kappa shape index (κ2) is 9.65. The van der Waals surface area contributed by atoms with E-state index in [1.807, 2.05) is 26.0 Å². The van der Waals surface area contributed by atoms with Crippen LogP contribution in [0.3, 0.4) is 0 Å². The molecule has 0 radical (unpaired) electrons. The van der Waals surface area contributed by atoms with Crippen molar-refractivity contribution in [2.45, 2.75) is 39.2 Å². The summed E-state index contributed by atoms with van der Waals surface area (Å²) in [7, 11) is 1.67. The molecule has 8 heteroatoms. The lowest BCUT2D eigenvalue weighted by atomic mass is 10.1. The monoisotopic (exact) mass is 448 g/mol. The number of aliphatic imine (C=N–C) groups is 1. The Morgan fingerprint density at radius 2 is 2.00 bits per heavy atom. The van der Waals surface area contributed by atoms with Gasteiger partial charge in [0, 0.05) is 33.0 Å². The molecule has 1 saturated heterocycles. The van der Waals surface area contributed by atoms with Crippen LogP contribution in [-0.4, -0.2) is 42.8 Å². The molecule has 1 unspecified atom stereocenters. The van der Waals surface area contributed by atoms with Crippen LogP contribution in [0.25, 0.3) is 0 Å². The number of piperidine rings is 1. The van der Waals surface area contributed by atoms with Gasteiger partial charge in [-0.05, 0) is 32.4 Å². The fourth-order valence-corrected chi connectivity index (χ4v) is 2.49. The summed E-state index contributed by atoms with van der Waals surface area (Å²) in [4.78, 5) is 28.9. The van der Waals surface area contributed by atoms with E-state index in [1.54, 1.807) is 7.05 Å². The minimum absolute atomic E-state index is 0. The van der Waals surface area contributed by atoms with Crippen molar-refractivity contribution in [3.63, 3.8) is 0 Å². The van der Waals surface area contributed by atoms with E-state index in [4.69, 9.17) is 4.42 Å². The maximum absolute atomic E-state index is 11.7. The number of nitrogens with zero attached hydrogens (tertiary/aromatic N) is 2. The summed E-state index contributed by atoms with van der Waals surface area (Å²) in [5.74, 6) is 2.10. The predicted molar refractivity (Wildman–Crippen MR) is 102 cm³/mol. The zero-order valence-electron chi connectivity index (χ0n) is 14.3. The van der Waals surface area contributed by atoms with Gasteiger partial charge in [-0.25, -0.2) is 0 Å². The molecule has 1 fully saturated rings. The normalized spacial score (nSPS) is 16.6. The SMILES string of the molecule is CN=C(NCCN1C(=O)CCCC1=O)NC(C)c1ccc(C)o1.I. The Labute approximate surface area is 159 Å². The predicted octanol–water partition coefficient (Wildman–Crippen LogP) is 1.97. The number of rotatable bonds is 5. The smallest absolute Gasteiger partial charge is 0.229 e. The van der Waals surface area contributed by atoms with E-state index in [9.17, 15) is 9.59 Å². The number of hydrogen-bond donors (Lipinski definition) is 2. The van der Waals surface area contributed by atoms with Gasteiger partial charge in [-0.15, -0.1) is 24.0 Å². The van der Waals surface area contributed by atoms with Crippen molar-refractivity contribution in [2.75, 3.05) is 20.1 Å². The second-order valence-corrected chi connectivity index (χ2v) is 5.61. The first-order chi connectivity index (χ1) is 11.0. The molecule has 0 saturated carbocycles. The summed E-state index contributed by atoms with van der Waals surface area (Å²) in [5.41, 5.74) is 0. The highest BCUT2D eigenvalue weighted by atomic mass is 127. The molecule has 2 rings (SSSR count). The first-order valence-corrected chi connectivity index (χ1v) is 7.88. The van der Waals surface area contributed by atoms with E-state index >= 15 is 0 Å². The number of halogens is 1. The molecule has 1 aromatic heterocycles. The molecule has 0 aromatic carbocycles. The van der Waals surface area contributed by atoms with Crippen LogP contribution in [-0.2, 0) is 9.59 Å². The fourth-order valence-electron chi connectivity index (χ4n) is 2.49. The van der Waals surface area contributed by atoms with E-state index in [1.165, 1.54) is 4.90 Å². The summed E-state index contributed by atoms with van der Waals surface area (Å²) in [5, 5.41) is 6.33. The summed E-state index contributed by atoms with van der Waals surface area (Å²) >= 11 is 0. The molecule has 2 amide bonds. The van der Waals surface area contributed by atoms with Crippen LogP contribution in [0.5, 0.6) is 0 Å². The van der Waals surface area contributed by atoms with Crippen LogP contribution < -0.4 is 10.6 Å². The van der Waals surface area contributed by atoms with Gasteiger partial charge in [0.15, 0.2) is 5.96 Å². The van der Waals surface area contributed by atoms with Gasteiger partial charge in [-0.2, -0.15) is 0 Å². The van der Waals surface area contributed by atoms with Crippen molar-refractivity contribution in [3.05, 3.63) is 23.7 Å². The third-order valence-corrected chi connectivity index (χ3v) is 3.78. The van der Waals surface area contributed by atoms with E-state index in [2.05, 4.69) is 15.6 Å². The first kappa shape index (κ1) is 20.5. The van der Waals surface area contributed by atoms with Gasteiger partial charge in [0.1, 0.15) is 11.5 Å². The molecule has 1 aliphatic heterocycles. The largest absolute Gasteiger partial charge is 0.464 e. The van der Waals surface area contributed by atoms with Crippen LogP contribution in [0.15, 0.2) is 21.5 Å². The van der Waals surface area contributed by atoms with Gasteiger partial charge in [-0.1, -0.05) is 0 Å². The average molecular weight is 448 g/mol. The first-order valence-electron chi connectivity index (χ1n) is 7.88. The van der Waals surface area contributed by atoms with Crippen molar-refractivity contribution >= 4 is 41.8 Å². The topological polar surface area (TPSA) is 86.9 Å². The summed E-state index contributed by atoms with van der Waals surface area (Å²) < 4.78 is 5.58. The van der Waals surface area contributed by atoms with Crippen molar-refractivity contribution < 1.29 is 14.0 Å². The lowest BCUT2D eigenvalue weighted by molar-refractivity contribution is -0.147. The minimum atomic E-state index is -0.0922. The van der Waals surface area contributed by atoms with Crippen LogP contribution in [0.1, 0.15) is 43.7 Å². The maximum atomic E-state index is 11.7. The molecule has 2 heterocycles. The molecule has 2 N–H and O–H groups in total. The Balaban J connectivity index is 0.00000288. The van der Waals surface area contributed by atoms with Gasteiger partial charge < -0.3 is 15.1 Å². The Kier molecular flexibility index (Phi) is 8.23. The number of hydrogen-bond acceptors (Lipinski definition) is 4. The lowest BCUT2D eigenvalue weighted by Gasteiger charge is -2.25. The van der Waals surface area contributed by atoms with Crippen LogP contribution in [0.4, 0.5) is 0 Å². The number of likely N-dealkylation sites (tertiary alicyclic amines) is 1. The van der Waals surface area contributed by atoms with Crippen LogP contribution in [0, 0.1) is 6.92 Å². The number of carbonyl (C=O) groups is 2. The Morgan fingerprint density at radius 1 is 1.33 bits per heavy atom. The quantitative estimate of drug-likeness (QED) is 0.311. The van der Waals surface area contributed by atoms with Gasteiger partial charge in [0.2, 0.25) is 11.8 Å². The maximum Gasteiger partial charge on any atom is 0.229 e. The Hall–Kier alpha value is -1.58. The van der Waals surface area contributed by atoms with E-state index in [-0.39, 0.29) is 41.8 Å². The highest BCUT2D eigenvalue weighted by Gasteiger charge is 2.25. The summed E-state index contributed by atoms with van der Waals surface area (Å²) in [6.07, 6.45) is 1.56. The molecular weight excluding hydrogens is 423 g/mol. The minimum Gasteiger partial charge on any atom is -0.464 e. The number of guanidine groups is 1. The highest BCUT2D eigenvalue weighted by molar-refractivity contribution is 14.0. The number of furan rings is 1. The standard InChI is InChI=1S/C16H24N4O3.HI/c1-11-7-8-13(23-11)12(2)19-16(17-3)18-9-10-20-14(21)5-4-6-15(20)22;/h7-8,12H,4-6,9-10H2,1-3H3,(H2,17,18,19);1H. The highest BCUT2D eigenvalue weighted by Crippen LogP contribution is 2.15. The van der Waals surface area contributed by atoms with Crippen LogP contribution >= 0.6 is 24.0 Å². The summed E-state index contributed by atoms with van der Waals surface area (Å²) in [6, 6.07) is 3.80. The number of amides is 2. The van der Waals surface area contributed by atoms with Crippen molar-refractivity contribution in [2.24, 2.45) is 4.99 Å². The third-order valence-electron chi connectivity index (χ3n) is 3.78. The van der Waals surface area contributed by atoms with E-state index < -0.39 is 0 Å². The van der Waals surface area contributed by atoms with Crippen molar-refractivity contribution in [3.8, 4) is 0 Å². The molecule has 0 aliphatic carbocycles. The molecule has 0 spiro atoms. The van der Waals surface area contributed by atoms with Crippen molar-refractivity contribution in [1.82, 2.24) is 15.5 Å². The van der Waals surface area contributed by atoms with Gasteiger partial charge in [0.25, 0.3) is 0 Å². The molecule has 0 bridgehead atoms. The zero-order chi connectivity index (χ0) is 16.8. The van der Waals surface area contributed by atoms with Gasteiger partial charge in [0.05, 0.1) is 6.04 Å². The van der Waals surface area contributed by atoms with Gasteiger partial charge in [-0.3, -0.25) is 19.5 Å². The number of aryl methyl sites for hydroxylation is 1. The van der Waals surface area contributed by atoms with Crippen LogP contribution in [0.2, 0.25) is 0 Å². The van der Waals surface area contributed by atoms with E-state index in [0.29, 0.717) is 38.3 Å². The molecule has 7 nitrogen and oxygen atoms in total. The third kappa shape index (κ3) is 5.50. The molecule has 1 atom stereocenters. The molecule has 1 aliphatic rings. The molecule has 134 valence electrons. The summed E-state index contributed by atoms with van der Waals surface area (Å²) in [6.45, 7) is 4.69. The lowest BCUT2D eigenvalue weighted by Crippen LogP contribution is -2.46. The average Bonchev–Trinajstić information content (AvgIpc) is 2.95. The van der Waals surface area contributed by atoms with E-state index in [0.717, 1.165) is 11.5 Å². The Bertz CT molecular complexity index is 584. The number of carbonyl (C=O) groups excluding carboxylic acids is 2. The van der Waals surface area contributed by atoms with Crippen molar-refractivity contribution in [1.29, 1.82) is 0 Å². The number of imide groups is 1. The number of nitrogens with one attached hydrogen (secondary N) is 2. The Morgan fingerprint density at radius 3 is 2.54 bits per heavy atom.